The van der Waals surface area contributed by atoms with Gasteiger partial charge in [-0.25, -0.2) is 9.50 Å². The van der Waals surface area contributed by atoms with Gasteiger partial charge in [0, 0.05) is 5.56 Å². The second kappa shape index (κ2) is 4.46. The normalized spacial score (nSPS) is 11.2. The quantitative estimate of drug-likeness (QED) is 0.677. The standard InChI is InChI=1S/C15H14BrN3/c1-9-4-5-12(10(2)8-9)13-6-7-14-17-11(3)15(16)19(14)18-13/h4-8H,1-3H3. The van der Waals surface area contributed by atoms with Crippen LogP contribution in [-0.2, 0) is 0 Å². The highest BCUT2D eigenvalue weighted by Gasteiger charge is 2.09. The second-order valence-electron chi connectivity index (χ2n) is 4.79. The van der Waals surface area contributed by atoms with Gasteiger partial charge in [0.25, 0.3) is 0 Å². The number of hydrogen-bond acceptors (Lipinski definition) is 2. The number of aromatic nitrogens is 3. The molecule has 0 spiro atoms. The van der Waals surface area contributed by atoms with Crippen molar-refractivity contribution in [2.24, 2.45) is 0 Å². The zero-order valence-electron chi connectivity index (χ0n) is 11.1. The van der Waals surface area contributed by atoms with Crippen LogP contribution in [0.5, 0.6) is 0 Å². The summed E-state index contributed by atoms with van der Waals surface area (Å²) in [4.78, 5) is 4.44. The maximum absolute atomic E-state index is 4.66. The first-order valence-corrected chi connectivity index (χ1v) is 6.95. The Morgan fingerprint density at radius 2 is 1.84 bits per heavy atom. The van der Waals surface area contributed by atoms with E-state index in [1.54, 1.807) is 0 Å². The molecule has 96 valence electrons. The van der Waals surface area contributed by atoms with Crippen LogP contribution in [0.4, 0.5) is 0 Å². The van der Waals surface area contributed by atoms with Crippen molar-refractivity contribution < 1.29 is 0 Å². The van der Waals surface area contributed by atoms with Crippen molar-refractivity contribution in [1.29, 1.82) is 0 Å². The summed E-state index contributed by atoms with van der Waals surface area (Å²) in [5.74, 6) is 0. The van der Waals surface area contributed by atoms with Crippen molar-refractivity contribution in [1.82, 2.24) is 14.6 Å². The minimum absolute atomic E-state index is 0.859. The summed E-state index contributed by atoms with van der Waals surface area (Å²) >= 11 is 3.53. The summed E-state index contributed by atoms with van der Waals surface area (Å²) in [6.07, 6.45) is 0. The summed E-state index contributed by atoms with van der Waals surface area (Å²) < 4.78 is 2.75. The summed E-state index contributed by atoms with van der Waals surface area (Å²) in [5, 5.41) is 4.66. The van der Waals surface area contributed by atoms with Crippen LogP contribution < -0.4 is 0 Å². The highest BCUT2D eigenvalue weighted by molar-refractivity contribution is 9.10. The van der Waals surface area contributed by atoms with Crippen LogP contribution in [0.15, 0.2) is 34.9 Å². The number of imidazole rings is 1. The van der Waals surface area contributed by atoms with Crippen LogP contribution in [0.1, 0.15) is 16.8 Å². The number of nitrogens with zero attached hydrogens (tertiary/aromatic N) is 3. The lowest BCUT2D eigenvalue weighted by Gasteiger charge is -2.06. The predicted octanol–water partition coefficient (Wildman–Crippen LogP) is 4.08. The zero-order valence-corrected chi connectivity index (χ0v) is 12.7. The zero-order chi connectivity index (χ0) is 13.6. The van der Waals surface area contributed by atoms with Crippen molar-refractivity contribution in [3.8, 4) is 11.3 Å². The SMILES string of the molecule is Cc1ccc(-c2ccc3nc(C)c(Br)n3n2)c(C)c1. The third-order valence-corrected chi connectivity index (χ3v) is 4.15. The Bertz CT molecular complexity index is 774. The van der Waals surface area contributed by atoms with Crippen LogP contribution in [0.3, 0.4) is 0 Å². The van der Waals surface area contributed by atoms with E-state index < -0.39 is 0 Å². The third kappa shape index (κ3) is 2.06. The van der Waals surface area contributed by atoms with Gasteiger partial charge in [-0.3, -0.25) is 0 Å². The maximum Gasteiger partial charge on any atom is 0.155 e. The van der Waals surface area contributed by atoms with Crippen molar-refractivity contribution >= 4 is 21.6 Å². The predicted molar refractivity (Wildman–Crippen MR) is 80.3 cm³/mol. The van der Waals surface area contributed by atoms with Gasteiger partial charge in [0.05, 0.1) is 11.4 Å². The Morgan fingerprint density at radius 1 is 1.05 bits per heavy atom. The van der Waals surface area contributed by atoms with Gasteiger partial charge in [0.1, 0.15) is 4.60 Å². The Kier molecular flexibility index (Phi) is 2.90. The monoisotopic (exact) mass is 315 g/mol. The van der Waals surface area contributed by atoms with Crippen molar-refractivity contribution in [3.63, 3.8) is 0 Å². The molecule has 0 radical (unpaired) electrons. The maximum atomic E-state index is 4.66. The van der Waals surface area contributed by atoms with Gasteiger partial charge in [-0.15, -0.1) is 0 Å². The molecule has 2 aromatic heterocycles. The fraction of sp³-hybridized carbons (Fsp3) is 0.200. The van der Waals surface area contributed by atoms with Crippen molar-refractivity contribution in [2.45, 2.75) is 20.8 Å². The first kappa shape index (κ1) is 12.4. The lowest BCUT2D eigenvalue weighted by atomic mass is 10.0. The number of rotatable bonds is 1. The molecule has 0 saturated heterocycles. The van der Waals surface area contributed by atoms with E-state index in [1.807, 2.05) is 23.6 Å². The van der Waals surface area contributed by atoms with E-state index in [2.05, 4.69) is 58.1 Å². The molecule has 3 aromatic rings. The summed E-state index contributed by atoms with van der Waals surface area (Å²) in [5.41, 5.74) is 6.43. The highest BCUT2D eigenvalue weighted by atomic mass is 79.9. The molecule has 0 bridgehead atoms. The Labute approximate surface area is 120 Å². The third-order valence-electron chi connectivity index (χ3n) is 3.24. The van der Waals surface area contributed by atoms with Gasteiger partial charge in [0.15, 0.2) is 5.65 Å². The first-order chi connectivity index (χ1) is 9.06. The molecular formula is C15H14BrN3. The topological polar surface area (TPSA) is 30.2 Å². The lowest BCUT2D eigenvalue weighted by molar-refractivity contribution is 0.918. The van der Waals surface area contributed by atoms with Crippen molar-refractivity contribution in [2.75, 3.05) is 0 Å². The molecule has 3 rings (SSSR count). The molecular weight excluding hydrogens is 302 g/mol. The molecule has 0 aliphatic rings. The minimum atomic E-state index is 0.859. The molecule has 0 atom stereocenters. The fourth-order valence-corrected chi connectivity index (χ4v) is 2.61. The average Bonchev–Trinajstić information content (AvgIpc) is 2.65. The molecule has 3 nitrogen and oxygen atoms in total. The summed E-state index contributed by atoms with van der Waals surface area (Å²) in [7, 11) is 0. The van der Waals surface area contributed by atoms with Crippen LogP contribution in [0.25, 0.3) is 16.9 Å². The van der Waals surface area contributed by atoms with Crippen molar-refractivity contribution in [3.05, 3.63) is 51.8 Å². The molecule has 19 heavy (non-hydrogen) atoms. The van der Waals surface area contributed by atoms with Gasteiger partial charge >= 0.3 is 0 Å². The van der Waals surface area contributed by atoms with Gasteiger partial charge in [-0.1, -0.05) is 23.8 Å². The molecule has 0 aliphatic heterocycles. The largest absolute Gasteiger partial charge is 0.231 e. The Hall–Kier alpha value is -1.68. The molecule has 2 heterocycles. The number of benzene rings is 1. The first-order valence-electron chi connectivity index (χ1n) is 6.16. The average molecular weight is 316 g/mol. The van der Waals surface area contributed by atoms with Gasteiger partial charge in [-0.05, 0) is 54.4 Å². The second-order valence-corrected chi connectivity index (χ2v) is 5.55. The molecule has 0 aliphatic carbocycles. The smallest absolute Gasteiger partial charge is 0.155 e. The number of aryl methyl sites for hydroxylation is 3. The molecule has 1 aromatic carbocycles. The number of halogens is 1. The number of hydrogen-bond donors (Lipinski definition) is 0. The molecule has 0 N–H and O–H groups in total. The Morgan fingerprint density at radius 3 is 2.58 bits per heavy atom. The molecule has 0 fully saturated rings. The number of fused-ring (bicyclic) bond motifs is 1. The fourth-order valence-electron chi connectivity index (χ4n) is 2.26. The van der Waals surface area contributed by atoms with E-state index in [1.165, 1.54) is 11.1 Å². The summed E-state index contributed by atoms with van der Waals surface area (Å²) in [6.45, 7) is 6.18. The van der Waals surface area contributed by atoms with Gasteiger partial charge < -0.3 is 0 Å². The van der Waals surface area contributed by atoms with Gasteiger partial charge in [0.2, 0.25) is 0 Å². The molecule has 0 unspecified atom stereocenters. The van der Waals surface area contributed by atoms with E-state index in [-0.39, 0.29) is 0 Å². The Balaban J connectivity index is 2.22. The molecule has 0 saturated carbocycles. The van der Waals surface area contributed by atoms with Crippen LogP contribution in [-0.4, -0.2) is 14.6 Å². The van der Waals surface area contributed by atoms with E-state index in [9.17, 15) is 0 Å². The van der Waals surface area contributed by atoms with Crippen LogP contribution in [0.2, 0.25) is 0 Å². The van der Waals surface area contributed by atoms with Gasteiger partial charge in [-0.2, -0.15) is 5.10 Å². The van der Waals surface area contributed by atoms with E-state index in [4.69, 9.17) is 0 Å². The van der Waals surface area contributed by atoms with E-state index >= 15 is 0 Å². The van der Waals surface area contributed by atoms with Crippen LogP contribution >= 0.6 is 15.9 Å². The van der Waals surface area contributed by atoms with E-state index in [0.29, 0.717) is 0 Å². The van der Waals surface area contributed by atoms with Crippen LogP contribution in [0, 0.1) is 20.8 Å². The minimum Gasteiger partial charge on any atom is -0.231 e. The van der Waals surface area contributed by atoms with E-state index in [0.717, 1.165) is 27.2 Å². The molecule has 0 amide bonds. The highest BCUT2D eigenvalue weighted by Crippen LogP contribution is 2.24. The molecule has 4 heteroatoms. The summed E-state index contributed by atoms with van der Waals surface area (Å²) in [6, 6.07) is 10.4. The lowest BCUT2D eigenvalue weighted by Crippen LogP contribution is -1.96.